The van der Waals surface area contributed by atoms with Crippen molar-refractivity contribution in [3.63, 3.8) is 0 Å². The smallest absolute Gasteiger partial charge is 0.354 e. The molecule has 1 aliphatic heterocycles. The molecule has 0 bridgehead atoms. The molecule has 7 nitrogen and oxygen atoms in total. The standard InChI is InChI=1S/C15H19N3O4/c1-10(19)18-7-5-11(6-8-18)9-16-14(20)12-3-2-4-13(17-12)15(21)22/h2-4,11H,5-9H2,1H3,(H,16,20)(H,21,22). The Morgan fingerprint density at radius 2 is 1.91 bits per heavy atom. The number of carbonyl (C=O) groups is 3. The number of carboxylic acids is 1. The number of nitrogens with one attached hydrogen (secondary N) is 1. The number of aromatic nitrogens is 1. The number of likely N-dealkylation sites (tertiary alicyclic amines) is 1. The third kappa shape index (κ3) is 4.03. The third-order valence-corrected chi connectivity index (χ3v) is 3.81. The molecule has 0 atom stereocenters. The molecule has 1 aromatic rings. The van der Waals surface area contributed by atoms with Crippen LogP contribution in [0.15, 0.2) is 18.2 Å². The van der Waals surface area contributed by atoms with E-state index in [1.165, 1.54) is 18.2 Å². The summed E-state index contributed by atoms with van der Waals surface area (Å²) in [7, 11) is 0. The number of rotatable bonds is 4. The molecule has 0 radical (unpaired) electrons. The fourth-order valence-electron chi connectivity index (χ4n) is 2.46. The summed E-state index contributed by atoms with van der Waals surface area (Å²) in [6.45, 7) is 3.48. The molecular weight excluding hydrogens is 286 g/mol. The monoisotopic (exact) mass is 305 g/mol. The zero-order valence-corrected chi connectivity index (χ0v) is 12.4. The van der Waals surface area contributed by atoms with Gasteiger partial charge in [-0.3, -0.25) is 9.59 Å². The number of nitrogens with zero attached hydrogens (tertiary/aromatic N) is 2. The van der Waals surface area contributed by atoms with Gasteiger partial charge in [0.25, 0.3) is 5.91 Å². The molecule has 2 heterocycles. The zero-order chi connectivity index (χ0) is 16.1. The number of hydrogen-bond donors (Lipinski definition) is 2. The topological polar surface area (TPSA) is 99.6 Å². The summed E-state index contributed by atoms with van der Waals surface area (Å²) in [6.07, 6.45) is 1.70. The predicted octanol–water partition coefficient (Wildman–Crippen LogP) is 0.768. The Kier molecular flexibility index (Phi) is 5.08. The van der Waals surface area contributed by atoms with E-state index in [-0.39, 0.29) is 23.2 Å². The average molecular weight is 305 g/mol. The van der Waals surface area contributed by atoms with Crippen LogP contribution < -0.4 is 5.32 Å². The quantitative estimate of drug-likeness (QED) is 0.856. The number of carboxylic acid groups (broad SMARTS) is 1. The van der Waals surface area contributed by atoms with E-state index in [0.29, 0.717) is 25.6 Å². The van der Waals surface area contributed by atoms with Crippen LogP contribution in [-0.4, -0.2) is 52.4 Å². The van der Waals surface area contributed by atoms with Crippen LogP contribution in [0.3, 0.4) is 0 Å². The van der Waals surface area contributed by atoms with Crippen LogP contribution in [0.2, 0.25) is 0 Å². The van der Waals surface area contributed by atoms with Gasteiger partial charge in [0.05, 0.1) is 0 Å². The van der Waals surface area contributed by atoms with Gasteiger partial charge in [-0.2, -0.15) is 0 Å². The van der Waals surface area contributed by atoms with E-state index >= 15 is 0 Å². The van der Waals surface area contributed by atoms with Crippen LogP contribution in [0.5, 0.6) is 0 Å². The van der Waals surface area contributed by atoms with Crippen LogP contribution in [0, 0.1) is 5.92 Å². The summed E-state index contributed by atoms with van der Waals surface area (Å²) in [5.41, 5.74) is -0.0523. The first-order valence-electron chi connectivity index (χ1n) is 7.21. The second kappa shape index (κ2) is 7.02. The lowest BCUT2D eigenvalue weighted by atomic mass is 9.97. The first kappa shape index (κ1) is 15.9. The average Bonchev–Trinajstić information content (AvgIpc) is 2.53. The minimum absolute atomic E-state index is 0.0807. The van der Waals surface area contributed by atoms with Crippen LogP contribution in [0.4, 0.5) is 0 Å². The first-order valence-corrected chi connectivity index (χ1v) is 7.21. The van der Waals surface area contributed by atoms with E-state index in [1.54, 1.807) is 11.8 Å². The molecule has 2 rings (SSSR count). The summed E-state index contributed by atoms with van der Waals surface area (Å²) in [5, 5.41) is 11.6. The molecule has 0 spiro atoms. The van der Waals surface area contributed by atoms with Crippen LogP contribution in [-0.2, 0) is 4.79 Å². The van der Waals surface area contributed by atoms with E-state index < -0.39 is 5.97 Å². The van der Waals surface area contributed by atoms with E-state index in [9.17, 15) is 14.4 Å². The van der Waals surface area contributed by atoms with Gasteiger partial charge in [-0.25, -0.2) is 9.78 Å². The highest BCUT2D eigenvalue weighted by molar-refractivity contribution is 5.94. The van der Waals surface area contributed by atoms with Crippen LogP contribution in [0.25, 0.3) is 0 Å². The normalized spacial score (nSPS) is 15.4. The lowest BCUT2D eigenvalue weighted by molar-refractivity contribution is -0.130. The van der Waals surface area contributed by atoms with Crippen molar-refractivity contribution in [1.82, 2.24) is 15.2 Å². The summed E-state index contributed by atoms with van der Waals surface area (Å²) in [6, 6.07) is 4.33. The molecular formula is C15H19N3O4. The number of piperidine rings is 1. The van der Waals surface area contributed by atoms with Crippen molar-refractivity contribution in [2.75, 3.05) is 19.6 Å². The minimum atomic E-state index is -1.16. The van der Waals surface area contributed by atoms with Crippen LogP contribution in [0.1, 0.15) is 40.7 Å². The second-order valence-electron chi connectivity index (χ2n) is 5.37. The number of aromatic carboxylic acids is 1. The Bertz CT molecular complexity index is 580. The van der Waals surface area contributed by atoms with Gasteiger partial charge in [0.2, 0.25) is 5.91 Å². The van der Waals surface area contributed by atoms with Gasteiger partial charge < -0.3 is 15.3 Å². The third-order valence-electron chi connectivity index (χ3n) is 3.81. The Hall–Kier alpha value is -2.44. The summed E-state index contributed by atoms with van der Waals surface area (Å²) in [5.74, 6) is -1.14. The molecule has 0 aliphatic carbocycles. The highest BCUT2D eigenvalue weighted by Gasteiger charge is 2.21. The summed E-state index contributed by atoms with van der Waals surface area (Å²) < 4.78 is 0. The van der Waals surface area contributed by atoms with Crippen molar-refractivity contribution >= 4 is 17.8 Å². The predicted molar refractivity (Wildman–Crippen MR) is 78.5 cm³/mol. The molecule has 0 saturated carbocycles. The highest BCUT2D eigenvalue weighted by atomic mass is 16.4. The van der Waals surface area contributed by atoms with Crippen molar-refractivity contribution < 1.29 is 19.5 Å². The van der Waals surface area contributed by atoms with Gasteiger partial charge in [-0.05, 0) is 30.9 Å². The Labute approximate surface area is 128 Å². The van der Waals surface area contributed by atoms with Crippen molar-refractivity contribution in [1.29, 1.82) is 0 Å². The number of amides is 2. The van der Waals surface area contributed by atoms with Crippen molar-refractivity contribution in [3.8, 4) is 0 Å². The van der Waals surface area contributed by atoms with Crippen molar-refractivity contribution in [3.05, 3.63) is 29.6 Å². The van der Waals surface area contributed by atoms with E-state index in [0.717, 1.165) is 12.8 Å². The largest absolute Gasteiger partial charge is 0.477 e. The SMILES string of the molecule is CC(=O)N1CCC(CNC(=O)c2cccc(C(=O)O)n2)CC1. The Morgan fingerprint density at radius 1 is 1.27 bits per heavy atom. The van der Waals surface area contributed by atoms with Crippen LogP contribution >= 0.6 is 0 Å². The fraction of sp³-hybridized carbons (Fsp3) is 0.467. The maximum absolute atomic E-state index is 12.0. The second-order valence-corrected chi connectivity index (χ2v) is 5.37. The Morgan fingerprint density at radius 3 is 2.50 bits per heavy atom. The van der Waals surface area contributed by atoms with Gasteiger partial charge >= 0.3 is 5.97 Å². The van der Waals surface area contributed by atoms with Gasteiger partial charge in [0.1, 0.15) is 11.4 Å². The van der Waals surface area contributed by atoms with E-state index in [2.05, 4.69) is 10.3 Å². The molecule has 1 fully saturated rings. The van der Waals surface area contributed by atoms with Crippen molar-refractivity contribution in [2.45, 2.75) is 19.8 Å². The van der Waals surface area contributed by atoms with Gasteiger partial charge in [-0.15, -0.1) is 0 Å². The first-order chi connectivity index (χ1) is 10.5. The summed E-state index contributed by atoms with van der Waals surface area (Å²) in [4.78, 5) is 39.7. The fourth-order valence-corrected chi connectivity index (χ4v) is 2.46. The van der Waals surface area contributed by atoms with Gasteiger partial charge in [0.15, 0.2) is 0 Å². The van der Waals surface area contributed by atoms with Crippen molar-refractivity contribution in [2.24, 2.45) is 5.92 Å². The molecule has 2 N–H and O–H groups in total. The lowest BCUT2D eigenvalue weighted by Crippen LogP contribution is -2.40. The minimum Gasteiger partial charge on any atom is -0.477 e. The van der Waals surface area contributed by atoms with Gasteiger partial charge in [-0.1, -0.05) is 6.07 Å². The maximum Gasteiger partial charge on any atom is 0.354 e. The molecule has 0 unspecified atom stereocenters. The molecule has 118 valence electrons. The molecule has 1 aromatic heterocycles. The molecule has 1 saturated heterocycles. The summed E-state index contributed by atoms with van der Waals surface area (Å²) >= 11 is 0. The highest BCUT2D eigenvalue weighted by Crippen LogP contribution is 2.16. The molecule has 2 amide bonds. The molecule has 1 aliphatic rings. The zero-order valence-electron chi connectivity index (χ0n) is 12.4. The number of hydrogen-bond acceptors (Lipinski definition) is 4. The number of carbonyl (C=O) groups excluding carboxylic acids is 2. The molecule has 7 heteroatoms. The van der Waals surface area contributed by atoms with E-state index in [4.69, 9.17) is 5.11 Å². The van der Waals surface area contributed by atoms with Gasteiger partial charge in [0, 0.05) is 26.6 Å². The molecule has 0 aromatic carbocycles. The number of pyridine rings is 1. The lowest BCUT2D eigenvalue weighted by Gasteiger charge is -2.31. The maximum atomic E-state index is 12.0. The van der Waals surface area contributed by atoms with E-state index in [1.807, 2.05) is 0 Å². The Balaban J connectivity index is 1.85. The molecule has 22 heavy (non-hydrogen) atoms.